The molecule has 6 nitrogen and oxygen atoms in total. The summed E-state index contributed by atoms with van der Waals surface area (Å²) in [5, 5.41) is 6.85. The maximum atomic E-state index is 5.80. The summed E-state index contributed by atoms with van der Waals surface area (Å²) < 4.78 is 5.80. The Kier molecular flexibility index (Phi) is 11.8. The topological polar surface area (TPSA) is 61.8 Å². The number of aliphatic imine (C=N–C) groups is 1. The highest BCUT2D eigenvalue weighted by atomic mass is 127. The number of hydrogen-bond donors (Lipinski definition) is 2. The van der Waals surface area contributed by atoms with Crippen LogP contribution in [0.15, 0.2) is 23.3 Å². The zero-order chi connectivity index (χ0) is 19.6. The smallest absolute Gasteiger partial charge is 0.191 e. The standard InChI is InChI=1S/C21H37N5O.HI/c1-6-7-8-9-16(2)25-21(22-5)24-13-19-10-11-20(23-12-19)26-14-17(3)27-18(4)15-26;/h10-12,16-18H,6-9,13-15H2,1-5H3,(H2,22,24,25);1H. The number of nitrogens with one attached hydrogen (secondary N) is 2. The lowest BCUT2D eigenvalue weighted by atomic mass is 10.1. The number of ether oxygens (including phenoxy) is 1. The van der Waals surface area contributed by atoms with Gasteiger partial charge in [-0.05, 0) is 38.8 Å². The predicted molar refractivity (Wildman–Crippen MR) is 129 cm³/mol. The Hall–Kier alpha value is -1.09. The fraction of sp³-hybridized carbons (Fsp3) is 0.714. The molecule has 1 saturated heterocycles. The zero-order valence-electron chi connectivity index (χ0n) is 18.1. The van der Waals surface area contributed by atoms with Crippen molar-refractivity contribution in [2.75, 3.05) is 25.0 Å². The second-order valence-electron chi connectivity index (χ2n) is 7.65. The van der Waals surface area contributed by atoms with Crippen LogP contribution in [0.25, 0.3) is 0 Å². The van der Waals surface area contributed by atoms with Crippen LogP contribution in [0, 0.1) is 0 Å². The molecule has 1 aliphatic heterocycles. The van der Waals surface area contributed by atoms with Crippen LogP contribution in [-0.2, 0) is 11.3 Å². The van der Waals surface area contributed by atoms with Crippen molar-refractivity contribution in [1.82, 2.24) is 15.6 Å². The number of morpholine rings is 1. The largest absolute Gasteiger partial charge is 0.372 e. The molecular weight excluding hydrogens is 465 g/mol. The highest BCUT2D eigenvalue weighted by Crippen LogP contribution is 2.18. The normalized spacial score (nSPS) is 21.0. The van der Waals surface area contributed by atoms with E-state index in [1.807, 2.05) is 13.2 Å². The molecule has 1 fully saturated rings. The number of anilines is 1. The number of nitrogens with zero attached hydrogens (tertiary/aromatic N) is 3. The Morgan fingerprint density at radius 2 is 2.00 bits per heavy atom. The van der Waals surface area contributed by atoms with Gasteiger partial charge in [-0.1, -0.05) is 32.3 Å². The first kappa shape index (κ1) is 24.9. The fourth-order valence-electron chi connectivity index (χ4n) is 3.46. The van der Waals surface area contributed by atoms with Crippen molar-refractivity contribution in [3.05, 3.63) is 23.9 Å². The summed E-state index contributed by atoms with van der Waals surface area (Å²) in [4.78, 5) is 11.3. The van der Waals surface area contributed by atoms with Gasteiger partial charge in [0, 0.05) is 38.9 Å². The van der Waals surface area contributed by atoms with Gasteiger partial charge >= 0.3 is 0 Å². The molecule has 0 saturated carbocycles. The van der Waals surface area contributed by atoms with Crippen LogP contribution in [0.5, 0.6) is 0 Å². The number of pyridine rings is 1. The third kappa shape index (κ3) is 8.51. The Labute approximate surface area is 187 Å². The second-order valence-corrected chi connectivity index (χ2v) is 7.65. The Balaban J connectivity index is 0.00000392. The minimum atomic E-state index is 0. The summed E-state index contributed by atoms with van der Waals surface area (Å²) in [6, 6.07) is 4.66. The van der Waals surface area contributed by atoms with Gasteiger partial charge in [0.15, 0.2) is 5.96 Å². The molecule has 28 heavy (non-hydrogen) atoms. The molecule has 0 aromatic carbocycles. The second kappa shape index (κ2) is 13.2. The molecule has 0 amide bonds. The van der Waals surface area contributed by atoms with E-state index < -0.39 is 0 Å². The predicted octanol–water partition coefficient (Wildman–Crippen LogP) is 3.95. The van der Waals surface area contributed by atoms with Gasteiger partial charge in [-0.3, -0.25) is 4.99 Å². The summed E-state index contributed by atoms with van der Waals surface area (Å²) in [5.74, 6) is 1.87. The molecule has 0 radical (unpaired) electrons. The Morgan fingerprint density at radius 1 is 1.29 bits per heavy atom. The molecule has 2 N–H and O–H groups in total. The minimum absolute atomic E-state index is 0. The number of hydrogen-bond acceptors (Lipinski definition) is 4. The number of halogens is 1. The van der Waals surface area contributed by atoms with Crippen LogP contribution in [0.1, 0.15) is 58.9 Å². The van der Waals surface area contributed by atoms with Crippen LogP contribution in [0.2, 0.25) is 0 Å². The number of guanidine groups is 1. The van der Waals surface area contributed by atoms with Crippen LogP contribution < -0.4 is 15.5 Å². The highest BCUT2D eigenvalue weighted by Gasteiger charge is 2.22. The summed E-state index contributed by atoms with van der Waals surface area (Å²) >= 11 is 0. The van der Waals surface area contributed by atoms with Gasteiger partial charge in [-0.2, -0.15) is 0 Å². The Bertz CT molecular complexity index is 571. The maximum Gasteiger partial charge on any atom is 0.191 e. The van der Waals surface area contributed by atoms with E-state index >= 15 is 0 Å². The van der Waals surface area contributed by atoms with Gasteiger partial charge in [0.1, 0.15) is 5.82 Å². The van der Waals surface area contributed by atoms with E-state index in [2.05, 4.69) is 65.3 Å². The van der Waals surface area contributed by atoms with Crippen LogP contribution in [0.3, 0.4) is 0 Å². The van der Waals surface area contributed by atoms with E-state index in [4.69, 9.17) is 4.74 Å². The van der Waals surface area contributed by atoms with Gasteiger partial charge in [0.25, 0.3) is 0 Å². The summed E-state index contributed by atoms with van der Waals surface area (Å²) in [5.41, 5.74) is 1.15. The van der Waals surface area contributed by atoms with Crippen molar-refractivity contribution in [3.63, 3.8) is 0 Å². The van der Waals surface area contributed by atoms with Gasteiger partial charge in [0.05, 0.1) is 12.2 Å². The van der Waals surface area contributed by atoms with Crippen molar-refractivity contribution in [2.24, 2.45) is 4.99 Å². The van der Waals surface area contributed by atoms with E-state index in [1.54, 1.807) is 0 Å². The van der Waals surface area contributed by atoms with Crippen molar-refractivity contribution in [2.45, 2.75) is 78.2 Å². The average molecular weight is 503 g/mol. The third-order valence-electron chi connectivity index (χ3n) is 4.86. The number of rotatable bonds is 8. The summed E-state index contributed by atoms with van der Waals surface area (Å²) in [6.45, 7) is 11.2. The molecule has 0 aliphatic carbocycles. The van der Waals surface area contributed by atoms with Crippen molar-refractivity contribution >= 4 is 35.8 Å². The lowest BCUT2D eigenvalue weighted by molar-refractivity contribution is -0.00545. The molecule has 2 rings (SSSR count). The first-order chi connectivity index (χ1) is 13.0. The summed E-state index contributed by atoms with van der Waals surface area (Å²) in [6.07, 6.45) is 7.40. The van der Waals surface area contributed by atoms with Crippen molar-refractivity contribution < 1.29 is 4.74 Å². The van der Waals surface area contributed by atoms with Gasteiger partial charge < -0.3 is 20.3 Å². The summed E-state index contributed by atoms with van der Waals surface area (Å²) in [7, 11) is 1.82. The van der Waals surface area contributed by atoms with Gasteiger partial charge in [0.2, 0.25) is 0 Å². The van der Waals surface area contributed by atoms with E-state index in [0.717, 1.165) is 30.4 Å². The zero-order valence-corrected chi connectivity index (χ0v) is 20.4. The minimum Gasteiger partial charge on any atom is -0.372 e. The van der Waals surface area contributed by atoms with Crippen LogP contribution >= 0.6 is 24.0 Å². The molecular formula is C21H38IN5O. The van der Waals surface area contributed by atoms with Crippen molar-refractivity contribution in [3.8, 4) is 0 Å². The van der Waals surface area contributed by atoms with Gasteiger partial charge in [-0.25, -0.2) is 4.98 Å². The van der Waals surface area contributed by atoms with E-state index in [0.29, 0.717) is 12.6 Å². The van der Waals surface area contributed by atoms with E-state index in [9.17, 15) is 0 Å². The molecule has 0 bridgehead atoms. The molecule has 0 spiro atoms. The molecule has 3 unspecified atom stereocenters. The van der Waals surface area contributed by atoms with E-state index in [-0.39, 0.29) is 36.2 Å². The lowest BCUT2D eigenvalue weighted by Crippen LogP contribution is -2.45. The van der Waals surface area contributed by atoms with E-state index in [1.165, 1.54) is 25.7 Å². The highest BCUT2D eigenvalue weighted by molar-refractivity contribution is 14.0. The van der Waals surface area contributed by atoms with Gasteiger partial charge in [-0.15, -0.1) is 24.0 Å². The molecule has 3 atom stereocenters. The maximum absolute atomic E-state index is 5.80. The number of aromatic nitrogens is 1. The van der Waals surface area contributed by atoms with Crippen molar-refractivity contribution in [1.29, 1.82) is 0 Å². The monoisotopic (exact) mass is 503 g/mol. The molecule has 1 aliphatic rings. The molecule has 7 heteroatoms. The quantitative estimate of drug-likeness (QED) is 0.244. The fourth-order valence-corrected chi connectivity index (χ4v) is 3.46. The molecule has 2 heterocycles. The molecule has 1 aromatic heterocycles. The molecule has 1 aromatic rings. The lowest BCUT2D eigenvalue weighted by Gasteiger charge is -2.36. The molecule has 160 valence electrons. The average Bonchev–Trinajstić information content (AvgIpc) is 2.65. The number of unbranched alkanes of at least 4 members (excludes halogenated alkanes) is 2. The SMILES string of the molecule is CCCCCC(C)NC(=NC)NCc1ccc(N2CC(C)OC(C)C2)nc1.I. The third-order valence-corrected chi connectivity index (χ3v) is 4.86. The van der Waals surface area contributed by atoms with Crippen LogP contribution in [-0.4, -0.2) is 49.3 Å². The first-order valence-corrected chi connectivity index (χ1v) is 10.3. The first-order valence-electron chi connectivity index (χ1n) is 10.3. The Morgan fingerprint density at radius 3 is 2.57 bits per heavy atom. The van der Waals surface area contributed by atoms with Crippen LogP contribution in [0.4, 0.5) is 5.82 Å².